The van der Waals surface area contributed by atoms with Crippen molar-refractivity contribution >= 4 is 15.7 Å². The third-order valence-electron chi connectivity index (χ3n) is 5.80. The van der Waals surface area contributed by atoms with E-state index in [1.165, 1.54) is 5.56 Å². The number of ether oxygens (including phenoxy) is 1. The first-order chi connectivity index (χ1) is 12.9. The summed E-state index contributed by atoms with van der Waals surface area (Å²) in [5.41, 5.74) is 2.32. The number of sulfone groups is 1. The fourth-order valence-corrected chi connectivity index (χ4v) is 5.38. The van der Waals surface area contributed by atoms with E-state index in [9.17, 15) is 13.2 Å². The number of carbonyl (C=O) groups excluding carboxylic acids is 1. The van der Waals surface area contributed by atoms with Crippen LogP contribution in [0.1, 0.15) is 36.8 Å². The fraction of sp³-hybridized carbons (Fsp3) is 0.650. The number of fused-ring (bicyclic) bond motifs is 1. The van der Waals surface area contributed by atoms with Gasteiger partial charge in [0.05, 0.1) is 17.3 Å². The summed E-state index contributed by atoms with van der Waals surface area (Å²) in [7, 11) is -1.77. The summed E-state index contributed by atoms with van der Waals surface area (Å²) in [5.74, 6) is -0.370. The monoisotopic (exact) mass is 394 g/mol. The van der Waals surface area contributed by atoms with E-state index in [-0.39, 0.29) is 23.5 Å². The predicted molar refractivity (Wildman–Crippen MR) is 105 cm³/mol. The minimum atomic E-state index is -3.44. The van der Waals surface area contributed by atoms with Crippen LogP contribution >= 0.6 is 0 Å². The van der Waals surface area contributed by atoms with Gasteiger partial charge in [-0.25, -0.2) is 8.42 Å². The third kappa shape index (κ3) is 5.09. The van der Waals surface area contributed by atoms with E-state index in [1.807, 2.05) is 6.07 Å². The van der Waals surface area contributed by atoms with Crippen LogP contribution in [0.15, 0.2) is 23.1 Å². The second-order valence-corrected chi connectivity index (χ2v) is 9.92. The van der Waals surface area contributed by atoms with Gasteiger partial charge in [-0.2, -0.15) is 0 Å². The highest BCUT2D eigenvalue weighted by atomic mass is 32.2. The Kier molecular flexibility index (Phi) is 6.55. The Balaban J connectivity index is 1.53. The van der Waals surface area contributed by atoms with Gasteiger partial charge in [0.1, 0.15) is 0 Å². The molecule has 1 aliphatic carbocycles. The summed E-state index contributed by atoms with van der Waals surface area (Å²) >= 11 is 0. The molecule has 1 amide bonds. The Bertz CT molecular complexity index is 765. The maximum atomic E-state index is 12.6. The van der Waals surface area contributed by atoms with Gasteiger partial charge >= 0.3 is 0 Å². The van der Waals surface area contributed by atoms with E-state index in [4.69, 9.17) is 4.74 Å². The standard InChI is InChI=1S/C20H30N2O4S/c1-26-15-20(8-10-21-11-9-20)14-22-19(23)7-12-27(24,25)18-6-5-16-3-2-4-17(16)13-18/h5-6,13,21H,2-4,7-12,14-15H2,1H3,(H,22,23). The normalized spacial score (nSPS) is 18.9. The quantitative estimate of drug-likeness (QED) is 0.698. The molecule has 1 aromatic rings. The Morgan fingerprint density at radius 3 is 2.70 bits per heavy atom. The molecular weight excluding hydrogens is 364 g/mol. The molecule has 2 N–H and O–H groups in total. The van der Waals surface area contributed by atoms with Crippen LogP contribution in [0.25, 0.3) is 0 Å². The minimum absolute atomic E-state index is 0.0132. The Morgan fingerprint density at radius 2 is 1.96 bits per heavy atom. The van der Waals surface area contributed by atoms with Gasteiger partial charge in [-0.05, 0) is 68.5 Å². The lowest BCUT2D eigenvalue weighted by atomic mass is 9.79. The van der Waals surface area contributed by atoms with Crippen molar-refractivity contribution in [3.63, 3.8) is 0 Å². The molecule has 1 fully saturated rings. The molecule has 1 saturated heterocycles. The van der Waals surface area contributed by atoms with Gasteiger partial charge in [0.15, 0.2) is 9.84 Å². The van der Waals surface area contributed by atoms with Crippen LogP contribution in [0, 0.1) is 5.41 Å². The fourth-order valence-electron chi connectivity index (χ4n) is 4.10. The maximum absolute atomic E-state index is 12.6. The maximum Gasteiger partial charge on any atom is 0.221 e. The van der Waals surface area contributed by atoms with Crippen LogP contribution in [0.5, 0.6) is 0 Å². The first-order valence-electron chi connectivity index (χ1n) is 9.75. The Labute approximate surface area is 162 Å². The molecule has 1 heterocycles. The number of nitrogens with one attached hydrogen (secondary N) is 2. The van der Waals surface area contributed by atoms with Crippen molar-refractivity contribution < 1.29 is 17.9 Å². The van der Waals surface area contributed by atoms with Gasteiger partial charge in [-0.1, -0.05) is 6.07 Å². The van der Waals surface area contributed by atoms with Crippen LogP contribution in [-0.4, -0.2) is 53.4 Å². The number of benzene rings is 1. The SMILES string of the molecule is COCC1(CNC(=O)CCS(=O)(=O)c2ccc3c(c2)CCC3)CCNCC1. The van der Waals surface area contributed by atoms with E-state index in [1.54, 1.807) is 19.2 Å². The van der Waals surface area contributed by atoms with E-state index >= 15 is 0 Å². The number of methoxy groups -OCH3 is 1. The zero-order valence-electron chi connectivity index (χ0n) is 16.1. The number of hydrogen-bond donors (Lipinski definition) is 2. The van der Waals surface area contributed by atoms with Crippen LogP contribution in [0.2, 0.25) is 0 Å². The zero-order valence-corrected chi connectivity index (χ0v) is 16.9. The average molecular weight is 395 g/mol. The van der Waals surface area contributed by atoms with Crippen LogP contribution in [0.4, 0.5) is 0 Å². The molecule has 0 radical (unpaired) electrons. The van der Waals surface area contributed by atoms with E-state index in [2.05, 4.69) is 10.6 Å². The lowest BCUT2D eigenvalue weighted by Crippen LogP contribution is -2.47. The van der Waals surface area contributed by atoms with Gasteiger partial charge in [0.25, 0.3) is 0 Å². The molecule has 0 aromatic heterocycles. The number of piperidine rings is 1. The van der Waals surface area contributed by atoms with Crippen molar-refractivity contribution in [3.8, 4) is 0 Å². The Morgan fingerprint density at radius 1 is 1.22 bits per heavy atom. The van der Waals surface area contributed by atoms with E-state index < -0.39 is 9.84 Å². The zero-order chi connectivity index (χ0) is 19.3. The van der Waals surface area contributed by atoms with Gasteiger partial charge in [0.2, 0.25) is 5.91 Å². The van der Waals surface area contributed by atoms with Crippen LogP contribution in [0.3, 0.4) is 0 Å². The van der Waals surface area contributed by atoms with Crippen molar-refractivity contribution in [1.29, 1.82) is 0 Å². The molecule has 2 aliphatic rings. The number of rotatable bonds is 8. The lowest BCUT2D eigenvalue weighted by Gasteiger charge is -2.37. The van der Waals surface area contributed by atoms with Crippen molar-refractivity contribution in [2.45, 2.75) is 43.4 Å². The number of hydrogen-bond acceptors (Lipinski definition) is 5. The highest BCUT2D eigenvalue weighted by Crippen LogP contribution is 2.28. The minimum Gasteiger partial charge on any atom is -0.384 e. The molecule has 0 spiro atoms. The largest absolute Gasteiger partial charge is 0.384 e. The van der Waals surface area contributed by atoms with Gasteiger partial charge in [-0.3, -0.25) is 4.79 Å². The Hall–Kier alpha value is -1.44. The molecule has 1 aromatic carbocycles. The molecule has 0 saturated carbocycles. The average Bonchev–Trinajstić information content (AvgIpc) is 3.14. The summed E-state index contributed by atoms with van der Waals surface area (Å²) in [5, 5.41) is 6.25. The van der Waals surface area contributed by atoms with Gasteiger partial charge in [0, 0.05) is 25.5 Å². The second-order valence-electron chi connectivity index (χ2n) is 7.81. The van der Waals surface area contributed by atoms with E-state index in [0.29, 0.717) is 18.0 Å². The molecule has 150 valence electrons. The van der Waals surface area contributed by atoms with E-state index in [0.717, 1.165) is 50.8 Å². The highest BCUT2D eigenvalue weighted by Gasteiger charge is 2.32. The van der Waals surface area contributed by atoms with Gasteiger partial charge < -0.3 is 15.4 Å². The molecule has 7 heteroatoms. The van der Waals surface area contributed by atoms with Crippen LogP contribution in [-0.2, 0) is 32.2 Å². The van der Waals surface area contributed by atoms with Gasteiger partial charge in [-0.15, -0.1) is 0 Å². The van der Waals surface area contributed by atoms with Crippen molar-refractivity contribution in [2.24, 2.45) is 5.41 Å². The smallest absolute Gasteiger partial charge is 0.221 e. The second kappa shape index (κ2) is 8.71. The molecule has 3 rings (SSSR count). The summed E-state index contributed by atoms with van der Waals surface area (Å²) < 4.78 is 30.5. The third-order valence-corrected chi connectivity index (χ3v) is 7.52. The van der Waals surface area contributed by atoms with Crippen LogP contribution < -0.4 is 10.6 Å². The van der Waals surface area contributed by atoms with Crippen molar-refractivity contribution in [1.82, 2.24) is 10.6 Å². The predicted octanol–water partition coefficient (Wildman–Crippen LogP) is 1.47. The molecule has 1 aliphatic heterocycles. The molecule has 0 atom stereocenters. The number of aryl methyl sites for hydroxylation is 2. The first kappa shape index (κ1) is 20.3. The summed E-state index contributed by atoms with van der Waals surface area (Å²) in [6.45, 7) is 2.94. The summed E-state index contributed by atoms with van der Waals surface area (Å²) in [6, 6.07) is 5.39. The molecule has 27 heavy (non-hydrogen) atoms. The number of amides is 1. The summed E-state index contributed by atoms with van der Waals surface area (Å²) in [4.78, 5) is 12.6. The first-order valence-corrected chi connectivity index (χ1v) is 11.4. The van der Waals surface area contributed by atoms with Crippen molar-refractivity contribution in [2.75, 3.05) is 39.1 Å². The molecule has 0 bridgehead atoms. The molecule has 6 nitrogen and oxygen atoms in total. The topological polar surface area (TPSA) is 84.5 Å². The molecule has 0 unspecified atom stereocenters. The highest BCUT2D eigenvalue weighted by molar-refractivity contribution is 7.91. The lowest BCUT2D eigenvalue weighted by molar-refractivity contribution is -0.121. The summed E-state index contributed by atoms with van der Waals surface area (Å²) in [6.07, 6.45) is 4.91. The molecular formula is C20H30N2O4S. The number of carbonyl (C=O) groups is 1. The van der Waals surface area contributed by atoms with Crippen molar-refractivity contribution in [3.05, 3.63) is 29.3 Å².